The van der Waals surface area contributed by atoms with Crippen LogP contribution < -0.4 is 4.90 Å². The first-order valence-corrected chi connectivity index (χ1v) is 10.2. The van der Waals surface area contributed by atoms with E-state index in [1.165, 1.54) is 19.3 Å². The molecule has 1 aromatic carbocycles. The molecular weight excluding hydrogens is 364 g/mol. The van der Waals surface area contributed by atoms with E-state index in [1.54, 1.807) is 19.0 Å². The smallest absolute Gasteiger partial charge is 0.253 e. The Morgan fingerprint density at radius 1 is 1.21 bits per heavy atom. The highest BCUT2D eigenvalue weighted by Crippen LogP contribution is 2.35. The van der Waals surface area contributed by atoms with E-state index >= 15 is 0 Å². The number of carbonyl (C=O) groups is 1. The van der Waals surface area contributed by atoms with Crippen molar-refractivity contribution in [3.05, 3.63) is 36.0 Å². The van der Waals surface area contributed by atoms with E-state index < -0.39 is 0 Å². The fourth-order valence-electron chi connectivity index (χ4n) is 3.81. The zero-order valence-electron chi connectivity index (χ0n) is 17.6. The van der Waals surface area contributed by atoms with Crippen LogP contribution in [0.25, 0.3) is 22.4 Å². The number of nitrogens with zero attached hydrogens (tertiary/aromatic N) is 5. The van der Waals surface area contributed by atoms with Gasteiger partial charge >= 0.3 is 0 Å². The number of nitrogens with one attached hydrogen (secondary N) is 1. The second kappa shape index (κ2) is 7.46. The summed E-state index contributed by atoms with van der Waals surface area (Å²) in [6.07, 6.45) is 5.41. The van der Waals surface area contributed by atoms with Gasteiger partial charge in [-0.2, -0.15) is 5.10 Å². The maximum atomic E-state index is 12.1. The number of aromatic amines is 1. The van der Waals surface area contributed by atoms with Gasteiger partial charge in [-0.1, -0.05) is 32.4 Å². The van der Waals surface area contributed by atoms with Gasteiger partial charge in [0.15, 0.2) is 0 Å². The molecule has 0 atom stereocenters. The summed E-state index contributed by atoms with van der Waals surface area (Å²) in [4.78, 5) is 25.4. The van der Waals surface area contributed by atoms with Crippen LogP contribution in [-0.2, 0) is 0 Å². The topological polar surface area (TPSA) is 78.0 Å². The van der Waals surface area contributed by atoms with Crippen LogP contribution in [0.2, 0.25) is 0 Å². The Morgan fingerprint density at radius 2 is 1.90 bits per heavy atom. The maximum absolute atomic E-state index is 12.1. The Kier molecular flexibility index (Phi) is 4.98. The molecule has 7 heteroatoms. The predicted octanol–water partition coefficient (Wildman–Crippen LogP) is 3.74. The van der Waals surface area contributed by atoms with Crippen molar-refractivity contribution < 1.29 is 4.79 Å². The molecule has 1 fully saturated rings. The maximum Gasteiger partial charge on any atom is 0.253 e. The van der Waals surface area contributed by atoms with Gasteiger partial charge in [-0.05, 0) is 30.4 Å². The van der Waals surface area contributed by atoms with E-state index in [2.05, 4.69) is 33.9 Å². The quantitative estimate of drug-likeness (QED) is 0.732. The molecule has 3 heterocycles. The van der Waals surface area contributed by atoms with Crippen LogP contribution >= 0.6 is 0 Å². The molecule has 3 aromatic rings. The van der Waals surface area contributed by atoms with Crippen LogP contribution in [0.4, 0.5) is 5.82 Å². The van der Waals surface area contributed by atoms with E-state index in [0.29, 0.717) is 16.6 Å². The number of fused-ring (bicyclic) bond motifs is 1. The van der Waals surface area contributed by atoms with Gasteiger partial charge in [0.2, 0.25) is 5.65 Å². The third-order valence-corrected chi connectivity index (χ3v) is 6.23. The van der Waals surface area contributed by atoms with E-state index in [-0.39, 0.29) is 5.91 Å². The Bertz CT molecular complexity index is 1020. The average molecular weight is 393 g/mol. The molecule has 0 aliphatic carbocycles. The van der Waals surface area contributed by atoms with Crippen molar-refractivity contribution in [3.8, 4) is 11.3 Å². The Balaban J connectivity index is 1.57. The molecule has 0 spiro atoms. The molecule has 0 bridgehead atoms. The highest BCUT2D eigenvalue weighted by molar-refractivity contribution is 5.95. The molecule has 0 unspecified atom stereocenters. The summed E-state index contributed by atoms with van der Waals surface area (Å²) in [5, 5.41) is 7.45. The van der Waals surface area contributed by atoms with Gasteiger partial charge in [-0.3, -0.25) is 9.89 Å². The molecule has 7 nitrogen and oxygen atoms in total. The van der Waals surface area contributed by atoms with Crippen molar-refractivity contribution in [2.24, 2.45) is 5.41 Å². The van der Waals surface area contributed by atoms with E-state index in [0.717, 1.165) is 35.7 Å². The van der Waals surface area contributed by atoms with Crippen LogP contribution in [0, 0.1) is 5.41 Å². The predicted molar refractivity (Wildman–Crippen MR) is 115 cm³/mol. The van der Waals surface area contributed by atoms with Crippen LogP contribution in [0.5, 0.6) is 0 Å². The highest BCUT2D eigenvalue weighted by Gasteiger charge is 2.29. The third kappa shape index (κ3) is 3.69. The largest absolute Gasteiger partial charge is 0.355 e. The summed E-state index contributed by atoms with van der Waals surface area (Å²) >= 11 is 0. The lowest BCUT2D eigenvalue weighted by Gasteiger charge is -2.39. The van der Waals surface area contributed by atoms with Crippen molar-refractivity contribution >= 4 is 22.9 Å². The normalized spacial score (nSPS) is 16.2. The molecule has 1 aliphatic heterocycles. The number of H-pyrrole nitrogens is 1. The minimum atomic E-state index is -0.0174. The summed E-state index contributed by atoms with van der Waals surface area (Å²) < 4.78 is 0. The summed E-state index contributed by atoms with van der Waals surface area (Å²) in [6, 6.07) is 7.47. The van der Waals surface area contributed by atoms with Crippen LogP contribution in [0.3, 0.4) is 0 Å². The zero-order chi connectivity index (χ0) is 20.6. The Labute approximate surface area is 171 Å². The molecule has 0 saturated carbocycles. The molecular formula is C22H28N6O. The van der Waals surface area contributed by atoms with Crippen LogP contribution in [0.1, 0.15) is 43.5 Å². The minimum absolute atomic E-state index is 0.0174. The zero-order valence-corrected chi connectivity index (χ0v) is 17.6. The van der Waals surface area contributed by atoms with Gasteiger partial charge in [-0.25, -0.2) is 9.97 Å². The highest BCUT2D eigenvalue weighted by atomic mass is 16.2. The van der Waals surface area contributed by atoms with E-state index in [4.69, 9.17) is 4.98 Å². The Hall–Kier alpha value is -2.96. The average Bonchev–Trinajstić information content (AvgIpc) is 3.17. The molecule has 2 aromatic heterocycles. The number of piperidine rings is 1. The molecule has 1 N–H and O–H groups in total. The number of benzene rings is 1. The van der Waals surface area contributed by atoms with Gasteiger partial charge in [-0.15, -0.1) is 0 Å². The minimum Gasteiger partial charge on any atom is -0.355 e. The summed E-state index contributed by atoms with van der Waals surface area (Å²) in [5.41, 5.74) is 4.21. The third-order valence-electron chi connectivity index (χ3n) is 6.23. The van der Waals surface area contributed by atoms with E-state index in [9.17, 15) is 4.79 Å². The lowest BCUT2D eigenvalue weighted by molar-refractivity contribution is 0.0827. The monoisotopic (exact) mass is 392 g/mol. The second-order valence-electron chi connectivity index (χ2n) is 8.43. The molecule has 1 aliphatic rings. The summed E-state index contributed by atoms with van der Waals surface area (Å²) in [5.74, 6) is 0.872. The van der Waals surface area contributed by atoms with E-state index in [1.807, 2.05) is 30.5 Å². The van der Waals surface area contributed by atoms with Crippen molar-refractivity contribution in [1.29, 1.82) is 0 Å². The SMILES string of the molecule is CCC1(C)CCN(c2cnc3c(-c4ccc(C(=O)N(C)C)cc4)[nH]nc3n2)CC1. The number of carbonyl (C=O) groups excluding carboxylic acids is 1. The second-order valence-corrected chi connectivity index (χ2v) is 8.43. The van der Waals surface area contributed by atoms with Gasteiger partial charge < -0.3 is 9.80 Å². The lowest BCUT2D eigenvalue weighted by Crippen LogP contribution is -2.38. The van der Waals surface area contributed by atoms with Crippen molar-refractivity contribution in [2.45, 2.75) is 33.1 Å². The molecule has 4 rings (SSSR count). The molecule has 1 amide bonds. The van der Waals surface area contributed by atoms with Gasteiger partial charge in [0.1, 0.15) is 11.3 Å². The summed E-state index contributed by atoms with van der Waals surface area (Å²) in [7, 11) is 3.49. The molecule has 1 saturated heterocycles. The summed E-state index contributed by atoms with van der Waals surface area (Å²) in [6.45, 7) is 6.65. The number of amides is 1. The van der Waals surface area contributed by atoms with Gasteiger partial charge in [0, 0.05) is 38.3 Å². The van der Waals surface area contributed by atoms with Crippen molar-refractivity contribution in [3.63, 3.8) is 0 Å². The standard InChI is InChI=1S/C22H28N6O/c1-5-22(2)10-12-28(13-11-22)17-14-23-19-18(25-26-20(19)24-17)15-6-8-16(9-7-15)21(29)27(3)4/h6-9,14H,5,10-13H2,1-4H3,(H,24,25,26). The number of hydrogen-bond acceptors (Lipinski definition) is 5. The fourth-order valence-corrected chi connectivity index (χ4v) is 3.81. The van der Waals surface area contributed by atoms with Crippen molar-refractivity contribution in [1.82, 2.24) is 25.1 Å². The first kappa shape index (κ1) is 19.4. The van der Waals surface area contributed by atoms with Crippen molar-refractivity contribution in [2.75, 3.05) is 32.1 Å². The van der Waals surface area contributed by atoms with Gasteiger partial charge in [0.25, 0.3) is 5.91 Å². The number of aromatic nitrogens is 4. The molecule has 0 radical (unpaired) electrons. The first-order valence-electron chi connectivity index (χ1n) is 10.2. The Morgan fingerprint density at radius 3 is 2.52 bits per heavy atom. The number of anilines is 1. The number of hydrogen-bond donors (Lipinski definition) is 1. The lowest BCUT2D eigenvalue weighted by atomic mass is 9.78. The number of rotatable bonds is 4. The molecule has 152 valence electrons. The molecule has 29 heavy (non-hydrogen) atoms. The van der Waals surface area contributed by atoms with Crippen LogP contribution in [0.15, 0.2) is 30.5 Å². The van der Waals surface area contributed by atoms with Crippen LogP contribution in [-0.4, -0.2) is 58.2 Å². The van der Waals surface area contributed by atoms with Gasteiger partial charge in [0.05, 0.1) is 11.9 Å². The fraction of sp³-hybridized carbons (Fsp3) is 0.455. The first-order chi connectivity index (χ1) is 13.9.